The molecule has 0 saturated carbocycles. The maximum atomic E-state index is 13.4. The number of halogens is 2. The molecule has 0 fully saturated rings. The van der Waals surface area contributed by atoms with Crippen molar-refractivity contribution in [2.45, 2.75) is 25.4 Å². The number of esters is 1. The molecule has 0 aliphatic carbocycles. The van der Waals surface area contributed by atoms with E-state index in [-0.39, 0.29) is 13.2 Å². The molecule has 2 N–H and O–H groups in total. The van der Waals surface area contributed by atoms with Gasteiger partial charge in [0.25, 0.3) is 5.92 Å². The lowest BCUT2D eigenvalue weighted by atomic mass is 10.0. The number of pyridine rings is 1. The summed E-state index contributed by atoms with van der Waals surface area (Å²) in [6, 6.07) is 3.14. The fourth-order valence-corrected chi connectivity index (χ4v) is 1.24. The Labute approximate surface area is 116 Å². The molecule has 1 aromatic rings. The average molecular weight is 288 g/mol. The van der Waals surface area contributed by atoms with Crippen LogP contribution in [0.25, 0.3) is 0 Å². The van der Waals surface area contributed by atoms with Crippen molar-refractivity contribution in [1.29, 1.82) is 0 Å². The largest absolute Gasteiger partial charge is 0.461 e. The van der Waals surface area contributed by atoms with Crippen LogP contribution in [0.15, 0.2) is 24.5 Å². The maximum Gasteiger partial charge on any atom is 0.339 e. The molecule has 20 heavy (non-hydrogen) atoms. The van der Waals surface area contributed by atoms with E-state index in [2.05, 4.69) is 10.3 Å². The lowest BCUT2D eigenvalue weighted by molar-refractivity contribution is -0.158. The number of aromatic nitrogens is 1. The van der Waals surface area contributed by atoms with Gasteiger partial charge in [-0.3, -0.25) is 4.98 Å². The van der Waals surface area contributed by atoms with Gasteiger partial charge in [0.05, 0.1) is 12.1 Å². The molecule has 0 aromatic carbocycles. The van der Waals surface area contributed by atoms with Gasteiger partial charge in [-0.1, -0.05) is 0 Å². The number of alkyl halides is 2. The lowest BCUT2D eigenvalue weighted by Crippen LogP contribution is -2.50. The van der Waals surface area contributed by atoms with E-state index in [1.54, 1.807) is 12.1 Å². The molecule has 112 valence electrons. The van der Waals surface area contributed by atoms with Gasteiger partial charge in [0.1, 0.15) is 12.2 Å². The monoisotopic (exact) mass is 288 g/mol. The molecule has 0 unspecified atom stereocenters. The standard InChI is InChI=1S/C13H18F2N2O3/c1-12(2,19)13(14,15)9-17-6-7-20-11(18)10-4-3-5-16-8-10/h3-5,8,17,19H,6-7,9H2,1-2H3. The van der Waals surface area contributed by atoms with E-state index in [0.29, 0.717) is 5.56 Å². The number of ether oxygens (including phenoxy) is 1. The van der Waals surface area contributed by atoms with Crippen molar-refractivity contribution in [2.24, 2.45) is 0 Å². The Morgan fingerprint density at radius 2 is 2.20 bits per heavy atom. The number of nitrogens with one attached hydrogen (secondary N) is 1. The Morgan fingerprint density at radius 3 is 2.75 bits per heavy atom. The summed E-state index contributed by atoms with van der Waals surface area (Å²) in [5, 5.41) is 11.7. The van der Waals surface area contributed by atoms with Gasteiger partial charge in [-0.25, -0.2) is 13.6 Å². The summed E-state index contributed by atoms with van der Waals surface area (Å²) in [6.45, 7) is 1.41. The topological polar surface area (TPSA) is 71.4 Å². The lowest BCUT2D eigenvalue weighted by Gasteiger charge is -2.29. The molecule has 7 heteroatoms. The van der Waals surface area contributed by atoms with Gasteiger partial charge in [0.15, 0.2) is 0 Å². The fourth-order valence-electron chi connectivity index (χ4n) is 1.24. The normalized spacial score (nSPS) is 12.2. The molecule has 0 aliphatic heterocycles. The number of carbonyl (C=O) groups is 1. The molecule has 0 bridgehead atoms. The summed E-state index contributed by atoms with van der Waals surface area (Å²) < 4.78 is 31.6. The van der Waals surface area contributed by atoms with Crippen molar-refractivity contribution in [2.75, 3.05) is 19.7 Å². The number of nitrogens with zero attached hydrogens (tertiary/aromatic N) is 1. The summed E-state index contributed by atoms with van der Waals surface area (Å²) in [5.41, 5.74) is -1.80. The maximum absolute atomic E-state index is 13.4. The van der Waals surface area contributed by atoms with Gasteiger partial charge in [-0.2, -0.15) is 0 Å². The Bertz CT molecular complexity index is 433. The number of aliphatic hydroxyl groups is 1. The summed E-state index contributed by atoms with van der Waals surface area (Å²) in [5.74, 6) is -3.82. The number of hydrogen-bond donors (Lipinski definition) is 2. The molecule has 0 amide bonds. The molecule has 5 nitrogen and oxygen atoms in total. The van der Waals surface area contributed by atoms with Crippen LogP contribution in [0.3, 0.4) is 0 Å². The molecule has 0 saturated heterocycles. The summed E-state index contributed by atoms with van der Waals surface area (Å²) >= 11 is 0. The van der Waals surface area contributed by atoms with E-state index >= 15 is 0 Å². The van der Waals surface area contributed by atoms with E-state index < -0.39 is 24.0 Å². The molecule has 1 aromatic heterocycles. The predicted molar refractivity (Wildman–Crippen MR) is 68.6 cm³/mol. The minimum absolute atomic E-state index is 0.0460. The van der Waals surface area contributed by atoms with E-state index in [1.165, 1.54) is 12.4 Å². The second-order valence-electron chi connectivity index (χ2n) is 4.82. The highest BCUT2D eigenvalue weighted by atomic mass is 19.3. The predicted octanol–water partition coefficient (Wildman–Crippen LogP) is 1.23. The van der Waals surface area contributed by atoms with Crippen molar-refractivity contribution in [3.63, 3.8) is 0 Å². The van der Waals surface area contributed by atoms with Crippen LogP contribution < -0.4 is 5.32 Å². The van der Waals surface area contributed by atoms with Crippen LogP contribution in [-0.2, 0) is 4.74 Å². The molecular formula is C13H18F2N2O3. The fraction of sp³-hybridized carbons (Fsp3) is 0.538. The van der Waals surface area contributed by atoms with E-state index in [0.717, 1.165) is 13.8 Å². The zero-order chi connectivity index (χ0) is 15.2. The van der Waals surface area contributed by atoms with Crippen molar-refractivity contribution in [1.82, 2.24) is 10.3 Å². The molecule has 1 rings (SSSR count). The first-order valence-corrected chi connectivity index (χ1v) is 6.12. The van der Waals surface area contributed by atoms with E-state index in [4.69, 9.17) is 4.74 Å². The van der Waals surface area contributed by atoms with Crippen LogP contribution in [0.5, 0.6) is 0 Å². The zero-order valence-corrected chi connectivity index (χ0v) is 11.4. The second-order valence-corrected chi connectivity index (χ2v) is 4.82. The number of rotatable bonds is 7. The minimum atomic E-state index is -3.26. The van der Waals surface area contributed by atoms with Crippen molar-refractivity contribution in [3.8, 4) is 0 Å². The second kappa shape index (κ2) is 6.71. The quantitative estimate of drug-likeness (QED) is 0.583. The smallest absolute Gasteiger partial charge is 0.339 e. The van der Waals surface area contributed by atoms with Crippen LogP contribution in [0.1, 0.15) is 24.2 Å². The van der Waals surface area contributed by atoms with E-state index in [1.807, 2.05) is 0 Å². The van der Waals surface area contributed by atoms with Crippen LogP contribution in [0.4, 0.5) is 8.78 Å². The Morgan fingerprint density at radius 1 is 1.50 bits per heavy atom. The summed E-state index contributed by atoms with van der Waals surface area (Å²) in [6.07, 6.45) is 2.88. The Kier molecular flexibility index (Phi) is 5.52. The molecule has 1 heterocycles. The average Bonchev–Trinajstić information content (AvgIpc) is 2.37. The van der Waals surface area contributed by atoms with Crippen molar-refractivity contribution < 1.29 is 23.4 Å². The minimum Gasteiger partial charge on any atom is -0.461 e. The van der Waals surface area contributed by atoms with Gasteiger partial charge in [-0.05, 0) is 26.0 Å². The molecule has 0 spiro atoms. The first-order chi connectivity index (χ1) is 9.24. The highest BCUT2D eigenvalue weighted by molar-refractivity contribution is 5.88. The first-order valence-electron chi connectivity index (χ1n) is 6.12. The molecule has 0 atom stereocenters. The van der Waals surface area contributed by atoms with Crippen LogP contribution in [0, 0.1) is 0 Å². The van der Waals surface area contributed by atoms with Gasteiger partial charge >= 0.3 is 5.97 Å². The van der Waals surface area contributed by atoms with Crippen molar-refractivity contribution >= 4 is 5.97 Å². The first kappa shape index (κ1) is 16.5. The van der Waals surface area contributed by atoms with Crippen LogP contribution in [-0.4, -0.2) is 47.3 Å². The zero-order valence-electron chi connectivity index (χ0n) is 11.4. The Hall–Kier alpha value is -1.60. The Balaban J connectivity index is 2.25. The van der Waals surface area contributed by atoms with Crippen LogP contribution >= 0.6 is 0 Å². The van der Waals surface area contributed by atoms with Crippen LogP contribution in [0.2, 0.25) is 0 Å². The number of carbonyl (C=O) groups excluding carboxylic acids is 1. The van der Waals surface area contributed by atoms with Gasteiger partial charge in [0, 0.05) is 18.9 Å². The third-order valence-corrected chi connectivity index (χ3v) is 2.65. The molecular weight excluding hydrogens is 270 g/mol. The summed E-state index contributed by atoms with van der Waals surface area (Å²) in [7, 11) is 0. The molecule has 0 radical (unpaired) electrons. The van der Waals surface area contributed by atoms with Gasteiger partial charge in [-0.15, -0.1) is 0 Å². The number of hydrogen-bond acceptors (Lipinski definition) is 5. The van der Waals surface area contributed by atoms with Gasteiger partial charge < -0.3 is 15.2 Å². The highest BCUT2D eigenvalue weighted by Gasteiger charge is 2.44. The van der Waals surface area contributed by atoms with E-state index in [9.17, 15) is 18.7 Å². The summed E-state index contributed by atoms with van der Waals surface area (Å²) in [4.78, 5) is 15.3. The SMILES string of the molecule is CC(C)(O)C(F)(F)CNCCOC(=O)c1cccnc1. The van der Waals surface area contributed by atoms with Gasteiger partial charge in [0.2, 0.25) is 0 Å². The third kappa shape index (κ3) is 4.82. The highest BCUT2D eigenvalue weighted by Crippen LogP contribution is 2.26. The molecule has 0 aliphatic rings. The van der Waals surface area contributed by atoms with Crippen molar-refractivity contribution in [3.05, 3.63) is 30.1 Å². The third-order valence-electron chi connectivity index (χ3n) is 2.65.